The van der Waals surface area contributed by atoms with E-state index >= 15 is 0 Å². The van der Waals surface area contributed by atoms with E-state index in [1.165, 1.54) is 0 Å². The maximum atomic E-state index is 6.21. The zero-order chi connectivity index (χ0) is 17.1. The lowest BCUT2D eigenvalue weighted by molar-refractivity contribution is 1.36. The minimum absolute atomic E-state index is 0.606. The number of allylic oxidation sites excluding steroid dienone is 8. The van der Waals surface area contributed by atoms with Gasteiger partial charge in [-0.05, 0) is 41.6 Å². The Morgan fingerprint density at radius 1 is 1.21 bits per heavy atom. The van der Waals surface area contributed by atoms with E-state index in [-0.39, 0.29) is 0 Å². The average molecular weight is 377 g/mol. The number of hydrogen-bond donors (Lipinski definition) is 1. The van der Waals surface area contributed by atoms with Gasteiger partial charge < -0.3 is 5.32 Å². The molecule has 1 aromatic rings. The van der Waals surface area contributed by atoms with Gasteiger partial charge in [0.05, 0.1) is 5.70 Å². The number of fused-ring (bicyclic) bond motifs is 1. The first kappa shape index (κ1) is 17.0. The van der Waals surface area contributed by atoms with Crippen LogP contribution in [0.4, 0.5) is 5.69 Å². The number of hydrogen-bond acceptors (Lipinski definition) is 2. The van der Waals surface area contributed by atoms with Crippen LogP contribution in [0.5, 0.6) is 0 Å². The minimum atomic E-state index is 0.606. The van der Waals surface area contributed by atoms with Gasteiger partial charge >= 0.3 is 0 Å². The summed E-state index contributed by atoms with van der Waals surface area (Å²) in [7, 11) is 0. The van der Waals surface area contributed by atoms with Crippen LogP contribution in [0.15, 0.2) is 76.0 Å². The summed E-state index contributed by atoms with van der Waals surface area (Å²) in [5, 5.41) is 5.22. The van der Waals surface area contributed by atoms with Crippen molar-refractivity contribution in [2.75, 3.05) is 5.32 Å². The number of aliphatic imine (C=N–C) groups is 1. The molecule has 1 heterocycles. The molecule has 0 saturated heterocycles. The molecule has 1 aromatic carbocycles. The molecule has 0 bridgehead atoms. The van der Waals surface area contributed by atoms with Crippen molar-refractivity contribution in [3.63, 3.8) is 0 Å². The highest BCUT2D eigenvalue weighted by Gasteiger charge is 2.14. The Morgan fingerprint density at radius 2 is 2.04 bits per heavy atom. The van der Waals surface area contributed by atoms with Crippen molar-refractivity contribution in [3.05, 3.63) is 86.9 Å². The van der Waals surface area contributed by atoms with Crippen LogP contribution >= 0.6 is 34.8 Å². The van der Waals surface area contributed by atoms with Gasteiger partial charge in [-0.15, -0.1) is 53.1 Å². The smallest absolute Gasteiger partial charge is 0.0739 e. The fourth-order valence-electron chi connectivity index (χ4n) is 2.44. The van der Waals surface area contributed by atoms with Crippen LogP contribution in [0.25, 0.3) is 5.70 Å². The van der Waals surface area contributed by atoms with Crippen LogP contribution < -0.4 is 5.32 Å². The number of rotatable bonds is 2. The van der Waals surface area contributed by atoms with Crippen molar-refractivity contribution >= 4 is 52.4 Å². The largest absolute Gasteiger partial charge is 0.356 e. The molecule has 0 atom stereocenters. The third-order valence-electron chi connectivity index (χ3n) is 3.53. The molecule has 3 rings (SSSR count). The average Bonchev–Trinajstić information content (AvgIpc) is 2.54. The molecule has 0 spiro atoms. The summed E-state index contributed by atoms with van der Waals surface area (Å²) in [5.74, 6) is 0. The van der Waals surface area contributed by atoms with Gasteiger partial charge in [0.1, 0.15) is 0 Å². The minimum Gasteiger partial charge on any atom is -0.356 e. The molecule has 0 amide bonds. The summed E-state index contributed by atoms with van der Waals surface area (Å²) in [6.45, 7) is 1.89. The fraction of sp³-hybridized carbons (Fsp3) is 0.0526. The van der Waals surface area contributed by atoms with E-state index in [9.17, 15) is 0 Å². The summed E-state index contributed by atoms with van der Waals surface area (Å²) in [4.78, 5) is 4.44. The van der Waals surface area contributed by atoms with E-state index in [1.807, 2.05) is 61.6 Å². The molecule has 2 nitrogen and oxygen atoms in total. The van der Waals surface area contributed by atoms with Gasteiger partial charge in [0, 0.05) is 28.2 Å². The van der Waals surface area contributed by atoms with Crippen LogP contribution in [0, 0.1) is 5.38 Å². The zero-order valence-corrected chi connectivity index (χ0v) is 15.1. The molecule has 5 heteroatoms. The van der Waals surface area contributed by atoms with Crippen molar-refractivity contribution in [2.24, 2.45) is 4.99 Å². The van der Waals surface area contributed by atoms with Gasteiger partial charge in [-0.25, -0.2) is 0 Å². The number of anilines is 1. The highest BCUT2D eigenvalue weighted by Crippen LogP contribution is 2.35. The monoisotopic (exact) mass is 375 g/mol. The van der Waals surface area contributed by atoms with E-state index < -0.39 is 0 Å². The predicted molar refractivity (Wildman–Crippen MR) is 106 cm³/mol. The molecule has 1 aliphatic heterocycles. The van der Waals surface area contributed by atoms with Crippen LogP contribution in [0.1, 0.15) is 12.5 Å². The summed E-state index contributed by atoms with van der Waals surface area (Å²) < 4.78 is 0. The summed E-state index contributed by atoms with van der Waals surface area (Å²) in [5.41, 5.74) is 4.44. The van der Waals surface area contributed by atoms with Crippen molar-refractivity contribution in [3.8, 4) is 0 Å². The predicted octanol–water partition coefficient (Wildman–Crippen LogP) is 6.47. The number of nitrogens with zero attached hydrogens (tertiary/aromatic N) is 1. The number of nitrogens with one attached hydrogen (secondary N) is 1. The molecule has 0 fully saturated rings. The lowest BCUT2D eigenvalue weighted by atomic mass is 10.0. The number of benzene rings is 1. The second-order valence-corrected chi connectivity index (χ2v) is 6.41. The lowest BCUT2D eigenvalue weighted by Crippen LogP contribution is -2.06. The summed E-state index contributed by atoms with van der Waals surface area (Å²) >= 11 is 18.5. The first-order valence-corrected chi connectivity index (χ1v) is 8.48. The maximum absolute atomic E-state index is 6.21. The van der Waals surface area contributed by atoms with Crippen molar-refractivity contribution in [1.29, 1.82) is 0 Å². The van der Waals surface area contributed by atoms with Gasteiger partial charge in [0.25, 0.3) is 0 Å². The summed E-state index contributed by atoms with van der Waals surface area (Å²) in [6.07, 6.45) is 13.0. The SMILES string of the molecule is CC=NC1=CC(=CC=C2C(Cl)=CC=C[C-]2Cl)Nc2cc(Cl)ccc21. The van der Waals surface area contributed by atoms with Crippen LogP contribution in [-0.4, -0.2) is 6.21 Å². The third-order valence-corrected chi connectivity index (χ3v) is 4.42. The van der Waals surface area contributed by atoms with Crippen molar-refractivity contribution in [2.45, 2.75) is 6.92 Å². The molecular formula is C19H14Cl3N2-. The van der Waals surface area contributed by atoms with Gasteiger partial charge in [0.2, 0.25) is 0 Å². The molecule has 0 unspecified atom stereocenters. The van der Waals surface area contributed by atoms with E-state index in [4.69, 9.17) is 34.8 Å². The van der Waals surface area contributed by atoms with E-state index in [0.717, 1.165) is 28.2 Å². The first-order chi connectivity index (χ1) is 11.6. The summed E-state index contributed by atoms with van der Waals surface area (Å²) in [6, 6.07) is 5.69. The Balaban J connectivity index is 1.99. The highest BCUT2D eigenvalue weighted by atomic mass is 35.5. The van der Waals surface area contributed by atoms with Gasteiger partial charge in [-0.3, -0.25) is 4.99 Å². The molecule has 122 valence electrons. The van der Waals surface area contributed by atoms with Crippen molar-refractivity contribution < 1.29 is 0 Å². The van der Waals surface area contributed by atoms with E-state index in [0.29, 0.717) is 15.4 Å². The molecule has 1 aliphatic carbocycles. The number of halogens is 3. The Labute approximate surface area is 156 Å². The maximum Gasteiger partial charge on any atom is 0.0739 e. The Morgan fingerprint density at radius 3 is 2.79 bits per heavy atom. The molecule has 24 heavy (non-hydrogen) atoms. The van der Waals surface area contributed by atoms with Gasteiger partial charge in [-0.1, -0.05) is 17.7 Å². The zero-order valence-electron chi connectivity index (χ0n) is 12.9. The van der Waals surface area contributed by atoms with Gasteiger partial charge in [-0.2, -0.15) is 0 Å². The second-order valence-electron chi connectivity index (χ2n) is 5.16. The fourth-order valence-corrected chi connectivity index (χ4v) is 3.13. The normalized spacial score (nSPS) is 20.2. The quantitative estimate of drug-likeness (QED) is 0.464. The topological polar surface area (TPSA) is 24.4 Å². The van der Waals surface area contributed by atoms with Crippen LogP contribution in [0.2, 0.25) is 5.02 Å². The molecule has 0 aromatic heterocycles. The molecule has 0 saturated carbocycles. The van der Waals surface area contributed by atoms with Gasteiger partial charge in [0.15, 0.2) is 0 Å². The molecular weight excluding hydrogens is 363 g/mol. The Bertz CT molecular complexity index is 842. The van der Waals surface area contributed by atoms with Crippen LogP contribution in [-0.2, 0) is 0 Å². The molecule has 2 aliphatic rings. The van der Waals surface area contributed by atoms with E-state index in [2.05, 4.69) is 10.3 Å². The molecule has 1 N–H and O–H groups in total. The van der Waals surface area contributed by atoms with E-state index in [1.54, 1.807) is 6.21 Å². The first-order valence-electron chi connectivity index (χ1n) is 7.35. The Kier molecular flexibility index (Phi) is 5.20. The van der Waals surface area contributed by atoms with Crippen molar-refractivity contribution in [1.82, 2.24) is 0 Å². The second kappa shape index (κ2) is 7.35. The Hall–Kier alpha value is -1.87. The molecule has 0 radical (unpaired) electrons. The standard InChI is InChI=1S/C19H14Cl3N2/c1-2-23-18-11-13(24-19-10-12(20)6-8-15(18)19)7-9-14-16(21)4-3-5-17(14)22/h2-11,24H,1H3/q-1. The highest BCUT2D eigenvalue weighted by molar-refractivity contribution is 6.38. The van der Waals surface area contributed by atoms with Crippen LogP contribution in [0.3, 0.4) is 0 Å². The lowest BCUT2D eigenvalue weighted by Gasteiger charge is -2.22. The third kappa shape index (κ3) is 3.62.